The number of anilines is 1. The Balaban J connectivity index is 1.70. The highest BCUT2D eigenvalue weighted by atomic mass is 32.2. The van der Waals surface area contributed by atoms with E-state index in [1.165, 1.54) is 30.0 Å². The normalized spacial score (nSPS) is 11.7. The Labute approximate surface area is 219 Å². The van der Waals surface area contributed by atoms with Crippen LogP contribution in [0.25, 0.3) is 0 Å². The average molecular weight is 527 g/mol. The van der Waals surface area contributed by atoms with E-state index in [4.69, 9.17) is 4.74 Å². The predicted molar refractivity (Wildman–Crippen MR) is 141 cm³/mol. The molecule has 11 nitrogen and oxygen atoms in total. The van der Waals surface area contributed by atoms with Crippen LogP contribution in [0.1, 0.15) is 48.6 Å². The van der Waals surface area contributed by atoms with E-state index in [0.29, 0.717) is 40.1 Å². The number of amides is 2. The number of carbonyl (C=O) groups is 2. The molecule has 0 saturated carbocycles. The number of hydrogen-bond acceptors (Lipinski definition) is 8. The van der Waals surface area contributed by atoms with Gasteiger partial charge in [0.2, 0.25) is 5.91 Å². The van der Waals surface area contributed by atoms with Gasteiger partial charge in [0.25, 0.3) is 11.6 Å². The van der Waals surface area contributed by atoms with Crippen molar-refractivity contribution in [3.63, 3.8) is 0 Å². The molecule has 0 radical (unpaired) electrons. The molecule has 1 atom stereocenters. The first kappa shape index (κ1) is 27.7. The van der Waals surface area contributed by atoms with Gasteiger partial charge in [0.15, 0.2) is 11.0 Å². The number of thioether (sulfide) groups is 1. The number of aryl methyl sites for hydroxylation is 1. The summed E-state index contributed by atoms with van der Waals surface area (Å²) in [7, 11) is 1.57. The van der Waals surface area contributed by atoms with Gasteiger partial charge in [0.05, 0.1) is 23.8 Å². The van der Waals surface area contributed by atoms with Crippen LogP contribution in [0, 0.1) is 23.0 Å². The molecule has 3 aromatic rings. The van der Waals surface area contributed by atoms with Gasteiger partial charge in [-0.15, -0.1) is 10.2 Å². The maximum Gasteiger partial charge on any atom is 0.269 e. The van der Waals surface area contributed by atoms with Gasteiger partial charge in [0, 0.05) is 29.9 Å². The van der Waals surface area contributed by atoms with Crippen molar-refractivity contribution in [1.29, 1.82) is 0 Å². The molecule has 0 unspecified atom stereocenters. The lowest BCUT2D eigenvalue weighted by Crippen LogP contribution is -2.33. The summed E-state index contributed by atoms with van der Waals surface area (Å²) in [5, 5.41) is 25.9. The standard InChI is InChI=1S/C25H30N6O5S/c1-6-30-23(22(15(2)3)27-24(33)17-7-10-19(36-5)11-8-17)28-29-25(30)37-14-21(32)26-20-12-9-18(31(34)35)13-16(20)4/h7-13,15,22H,6,14H2,1-5H3,(H,26,32)(H,27,33)/t22-/m1/s1. The SMILES string of the molecule is CCn1c(SCC(=O)Nc2ccc([N+](=O)[O-])cc2C)nnc1[C@H](NC(=O)c1ccc(OC)cc1)C(C)C. The third-order valence-electron chi connectivity index (χ3n) is 5.67. The topological polar surface area (TPSA) is 141 Å². The average Bonchev–Trinajstić information content (AvgIpc) is 3.29. The summed E-state index contributed by atoms with van der Waals surface area (Å²) in [6, 6.07) is 10.7. The summed E-state index contributed by atoms with van der Waals surface area (Å²) in [6.45, 7) is 8.16. The maximum atomic E-state index is 12.9. The van der Waals surface area contributed by atoms with Crippen molar-refractivity contribution in [3.05, 3.63) is 69.5 Å². The molecular weight excluding hydrogens is 496 g/mol. The van der Waals surface area contributed by atoms with E-state index in [2.05, 4.69) is 20.8 Å². The minimum absolute atomic E-state index is 0.0305. The van der Waals surface area contributed by atoms with Crippen molar-refractivity contribution >= 4 is 35.0 Å². The van der Waals surface area contributed by atoms with Crippen molar-refractivity contribution in [2.24, 2.45) is 5.92 Å². The second-order valence-corrected chi connectivity index (χ2v) is 9.54. The molecular formula is C25H30N6O5S. The van der Waals surface area contributed by atoms with Crippen LogP contribution in [-0.4, -0.2) is 44.4 Å². The molecule has 0 spiro atoms. The fourth-order valence-corrected chi connectivity index (χ4v) is 4.46. The van der Waals surface area contributed by atoms with Crippen LogP contribution >= 0.6 is 11.8 Å². The van der Waals surface area contributed by atoms with E-state index < -0.39 is 11.0 Å². The van der Waals surface area contributed by atoms with Gasteiger partial charge in [-0.25, -0.2) is 0 Å². The van der Waals surface area contributed by atoms with Crippen molar-refractivity contribution in [3.8, 4) is 5.75 Å². The fraction of sp³-hybridized carbons (Fsp3) is 0.360. The molecule has 196 valence electrons. The van der Waals surface area contributed by atoms with Gasteiger partial charge < -0.3 is 19.9 Å². The predicted octanol–water partition coefficient (Wildman–Crippen LogP) is 4.38. The highest BCUT2D eigenvalue weighted by Crippen LogP contribution is 2.26. The van der Waals surface area contributed by atoms with Gasteiger partial charge >= 0.3 is 0 Å². The molecule has 1 aromatic heterocycles. The lowest BCUT2D eigenvalue weighted by Gasteiger charge is -2.22. The van der Waals surface area contributed by atoms with Crippen molar-refractivity contribution in [2.45, 2.75) is 45.4 Å². The summed E-state index contributed by atoms with van der Waals surface area (Å²) in [5.74, 6) is 0.856. The molecule has 3 rings (SSSR count). The third-order valence-corrected chi connectivity index (χ3v) is 6.64. The van der Waals surface area contributed by atoms with Crippen LogP contribution < -0.4 is 15.4 Å². The highest BCUT2D eigenvalue weighted by Gasteiger charge is 2.26. The molecule has 2 aromatic carbocycles. The van der Waals surface area contributed by atoms with Crippen LogP contribution in [0.15, 0.2) is 47.6 Å². The Morgan fingerprint density at radius 2 is 1.86 bits per heavy atom. The molecule has 1 heterocycles. The van der Waals surface area contributed by atoms with Gasteiger partial charge in [0.1, 0.15) is 5.75 Å². The summed E-state index contributed by atoms with van der Waals surface area (Å²) >= 11 is 1.22. The third kappa shape index (κ3) is 6.85. The quantitative estimate of drug-likeness (QED) is 0.213. The van der Waals surface area contributed by atoms with E-state index in [1.807, 2.05) is 25.3 Å². The fourth-order valence-electron chi connectivity index (χ4n) is 3.65. The van der Waals surface area contributed by atoms with E-state index in [9.17, 15) is 19.7 Å². The maximum absolute atomic E-state index is 12.9. The van der Waals surface area contributed by atoms with Gasteiger partial charge in [-0.1, -0.05) is 25.6 Å². The van der Waals surface area contributed by atoms with Crippen LogP contribution in [0.4, 0.5) is 11.4 Å². The lowest BCUT2D eigenvalue weighted by atomic mass is 10.0. The number of rotatable bonds is 11. The Morgan fingerprint density at radius 3 is 2.43 bits per heavy atom. The van der Waals surface area contributed by atoms with Crippen molar-refractivity contribution < 1.29 is 19.2 Å². The van der Waals surface area contributed by atoms with Gasteiger partial charge in [-0.2, -0.15) is 0 Å². The minimum atomic E-state index is -0.479. The molecule has 0 aliphatic rings. The Kier molecular flexibility index (Phi) is 9.23. The Morgan fingerprint density at radius 1 is 1.16 bits per heavy atom. The Hall–Kier alpha value is -3.93. The summed E-state index contributed by atoms with van der Waals surface area (Å²) in [5.41, 5.74) is 1.57. The summed E-state index contributed by atoms with van der Waals surface area (Å²) in [4.78, 5) is 35.9. The van der Waals surface area contributed by atoms with Crippen LogP contribution in [0.3, 0.4) is 0 Å². The van der Waals surface area contributed by atoms with E-state index in [1.54, 1.807) is 38.3 Å². The number of nitrogens with zero attached hydrogens (tertiary/aromatic N) is 4. The van der Waals surface area contributed by atoms with Gasteiger partial charge in [-0.05, 0) is 55.7 Å². The first-order valence-electron chi connectivity index (χ1n) is 11.7. The van der Waals surface area contributed by atoms with E-state index >= 15 is 0 Å². The molecule has 12 heteroatoms. The highest BCUT2D eigenvalue weighted by molar-refractivity contribution is 7.99. The number of nitrogens with one attached hydrogen (secondary N) is 2. The summed E-state index contributed by atoms with van der Waals surface area (Å²) in [6.07, 6.45) is 0. The second-order valence-electron chi connectivity index (χ2n) is 8.60. The molecule has 0 bridgehead atoms. The van der Waals surface area contributed by atoms with E-state index in [0.717, 1.165) is 0 Å². The number of non-ortho nitro benzene ring substituents is 1. The number of nitro groups is 1. The first-order chi connectivity index (χ1) is 17.6. The van der Waals surface area contributed by atoms with Crippen LogP contribution in [0.2, 0.25) is 0 Å². The summed E-state index contributed by atoms with van der Waals surface area (Å²) < 4.78 is 7.04. The number of benzene rings is 2. The van der Waals surface area contributed by atoms with Crippen LogP contribution in [-0.2, 0) is 11.3 Å². The van der Waals surface area contributed by atoms with Gasteiger partial charge in [-0.3, -0.25) is 19.7 Å². The molecule has 2 amide bonds. The molecule has 0 aliphatic heterocycles. The monoisotopic (exact) mass is 526 g/mol. The molecule has 2 N–H and O–H groups in total. The van der Waals surface area contributed by atoms with Crippen molar-refractivity contribution in [2.75, 3.05) is 18.2 Å². The largest absolute Gasteiger partial charge is 0.497 e. The number of methoxy groups -OCH3 is 1. The van der Waals surface area contributed by atoms with Crippen molar-refractivity contribution in [1.82, 2.24) is 20.1 Å². The number of nitro benzene ring substituents is 1. The zero-order valence-corrected chi connectivity index (χ0v) is 22.2. The number of ether oxygens (including phenoxy) is 1. The molecule has 0 aliphatic carbocycles. The smallest absolute Gasteiger partial charge is 0.269 e. The zero-order valence-electron chi connectivity index (χ0n) is 21.3. The van der Waals surface area contributed by atoms with E-state index in [-0.39, 0.29) is 29.2 Å². The number of hydrogen-bond donors (Lipinski definition) is 2. The number of carbonyl (C=O) groups excluding carboxylic acids is 2. The first-order valence-corrected chi connectivity index (χ1v) is 12.7. The minimum Gasteiger partial charge on any atom is -0.497 e. The molecule has 0 fully saturated rings. The lowest BCUT2D eigenvalue weighted by molar-refractivity contribution is -0.384. The zero-order chi connectivity index (χ0) is 27.1. The molecule has 0 saturated heterocycles. The Bertz CT molecular complexity index is 1280. The number of aromatic nitrogens is 3. The second kappa shape index (κ2) is 12.3. The molecule has 37 heavy (non-hydrogen) atoms. The van der Waals surface area contributed by atoms with Crippen LogP contribution in [0.5, 0.6) is 5.75 Å².